The molecule has 2 rings (SSSR count). The van der Waals surface area contributed by atoms with Crippen LogP contribution < -0.4 is 10.6 Å². The van der Waals surface area contributed by atoms with Crippen molar-refractivity contribution in [1.82, 2.24) is 5.32 Å². The number of nitrogens with one attached hydrogen (secondary N) is 2. The summed E-state index contributed by atoms with van der Waals surface area (Å²) >= 11 is 5.84. The molecule has 0 saturated heterocycles. The van der Waals surface area contributed by atoms with E-state index in [4.69, 9.17) is 11.6 Å². The second kappa shape index (κ2) is 8.48. The fraction of sp³-hybridized carbons (Fsp3) is 0.350. The van der Waals surface area contributed by atoms with Gasteiger partial charge in [0.25, 0.3) is 5.91 Å². The maximum Gasteiger partial charge on any atom is 0.255 e. The van der Waals surface area contributed by atoms with Crippen LogP contribution in [0.5, 0.6) is 0 Å². The van der Waals surface area contributed by atoms with Gasteiger partial charge in [-0.1, -0.05) is 37.6 Å². The number of rotatable bonds is 7. The minimum Gasteiger partial charge on any atom is -0.389 e. The molecule has 0 aliphatic rings. The highest BCUT2D eigenvalue weighted by Crippen LogP contribution is 2.16. The molecular weight excluding hydrogens is 336 g/mol. The number of aliphatic hydroxyl groups is 1. The quantitative estimate of drug-likeness (QED) is 0.697. The molecule has 2 aromatic carbocycles. The molecule has 134 valence electrons. The molecule has 0 spiro atoms. The average molecular weight is 361 g/mol. The minimum absolute atomic E-state index is 0.171. The Bertz CT molecular complexity index is 712. The lowest BCUT2D eigenvalue weighted by Gasteiger charge is -2.28. The molecule has 1 atom stereocenters. The second-order valence-electron chi connectivity index (χ2n) is 6.78. The number of carbonyl (C=O) groups is 1. The smallest absolute Gasteiger partial charge is 0.255 e. The molecule has 0 aliphatic carbocycles. The van der Waals surface area contributed by atoms with Crippen molar-refractivity contribution in [3.63, 3.8) is 0 Å². The summed E-state index contributed by atoms with van der Waals surface area (Å²) in [6.07, 6.45) is 0. The Balaban J connectivity index is 1.94. The number of hydrogen-bond acceptors (Lipinski definition) is 3. The third-order valence-corrected chi connectivity index (χ3v) is 4.60. The van der Waals surface area contributed by atoms with Gasteiger partial charge in [-0.2, -0.15) is 0 Å². The molecule has 0 heterocycles. The van der Waals surface area contributed by atoms with Crippen molar-refractivity contribution in [1.29, 1.82) is 0 Å². The van der Waals surface area contributed by atoms with Crippen LogP contribution in [0.25, 0.3) is 0 Å². The molecule has 4 nitrogen and oxygen atoms in total. The highest BCUT2D eigenvalue weighted by Gasteiger charge is 2.23. The first-order chi connectivity index (χ1) is 11.8. The van der Waals surface area contributed by atoms with E-state index in [-0.39, 0.29) is 11.8 Å². The molecule has 3 N–H and O–H groups in total. The van der Waals surface area contributed by atoms with Gasteiger partial charge in [0.15, 0.2) is 0 Å². The molecule has 0 radical (unpaired) electrons. The summed E-state index contributed by atoms with van der Waals surface area (Å²) in [5.41, 5.74) is 1.57. The number of benzene rings is 2. The summed E-state index contributed by atoms with van der Waals surface area (Å²) in [5, 5.41) is 17.0. The van der Waals surface area contributed by atoms with E-state index in [1.807, 2.05) is 45.0 Å². The second-order valence-corrected chi connectivity index (χ2v) is 7.21. The van der Waals surface area contributed by atoms with Gasteiger partial charge in [0.2, 0.25) is 0 Å². The minimum atomic E-state index is -0.750. The van der Waals surface area contributed by atoms with E-state index >= 15 is 0 Å². The number of amides is 1. The van der Waals surface area contributed by atoms with Gasteiger partial charge in [-0.3, -0.25) is 4.79 Å². The SMILES string of the molecule is CC(C)C(C)(O)CNCc1cccc(NC(=O)c2ccc(Cl)cc2)c1. The van der Waals surface area contributed by atoms with Crippen molar-refractivity contribution in [2.45, 2.75) is 32.9 Å². The molecule has 5 heteroatoms. The summed E-state index contributed by atoms with van der Waals surface area (Å²) in [4.78, 5) is 12.3. The molecule has 25 heavy (non-hydrogen) atoms. The first-order valence-electron chi connectivity index (χ1n) is 8.37. The Morgan fingerprint density at radius 2 is 1.88 bits per heavy atom. The first kappa shape index (κ1) is 19.4. The fourth-order valence-electron chi connectivity index (χ4n) is 2.23. The van der Waals surface area contributed by atoms with Gasteiger partial charge in [0.1, 0.15) is 0 Å². The van der Waals surface area contributed by atoms with Crippen LogP contribution >= 0.6 is 11.6 Å². The maximum absolute atomic E-state index is 12.3. The van der Waals surface area contributed by atoms with Crippen molar-refractivity contribution in [3.05, 3.63) is 64.7 Å². The lowest BCUT2D eigenvalue weighted by Crippen LogP contribution is -2.41. The van der Waals surface area contributed by atoms with Crippen LogP contribution in [0.4, 0.5) is 5.69 Å². The van der Waals surface area contributed by atoms with E-state index in [1.54, 1.807) is 24.3 Å². The molecule has 0 aromatic heterocycles. The van der Waals surface area contributed by atoms with E-state index < -0.39 is 5.60 Å². The van der Waals surface area contributed by atoms with Gasteiger partial charge in [-0.25, -0.2) is 0 Å². The zero-order chi connectivity index (χ0) is 18.4. The number of halogens is 1. The van der Waals surface area contributed by atoms with E-state index in [1.165, 1.54) is 0 Å². The van der Waals surface area contributed by atoms with Gasteiger partial charge in [-0.05, 0) is 54.8 Å². The highest BCUT2D eigenvalue weighted by atomic mass is 35.5. The van der Waals surface area contributed by atoms with Crippen molar-refractivity contribution >= 4 is 23.2 Å². The summed E-state index contributed by atoms with van der Waals surface area (Å²) in [6, 6.07) is 14.4. The molecule has 0 saturated carbocycles. The molecule has 0 bridgehead atoms. The van der Waals surface area contributed by atoms with Gasteiger partial charge in [0.05, 0.1) is 5.60 Å². The Morgan fingerprint density at radius 3 is 2.52 bits per heavy atom. The predicted molar refractivity (Wildman–Crippen MR) is 103 cm³/mol. The lowest BCUT2D eigenvalue weighted by atomic mass is 9.92. The Hall–Kier alpha value is -1.88. The largest absolute Gasteiger partial charge is 0.389 e. The summed E-state index contributed by atoms with van der Waals surface area (Å²) < 4.78 is 0. The highest BCUT2D eigenvalue weighted by molar-refractivity contribution is 6.30. The van der Waals surface area contributed by atoms with Crippen LogP contribution in [0.1, 0.15) is 36.7 Å². The van der Waals surface area contributed by atoms with E-state index in [0.29, 0.717) is 23.7 Å². The van der Waals surface area contributed by atoms with Crippen molar-refractivity contribution in [3.8, 4) is 0 Å². The lowest BCUT2D eigenvalue weighted by molar-refractivity contribution is 0.0140. The number of anilines is 1. The van der Waals surface area contributed by atoms with Gasteiger partial charge in [-0.15, -0.1) is 0 Å². The summed E-state index contributed by atoms with van der Waals surface area (Å²) in [7, 11) is 0. The topological polar surface area (TPSA) is 61.4 Å². The predicted octanol–water partition coefficient (Wildman–Crippen LogP) is 4.09. The zero-order valence-corrected chi connectivity index (χ0v) is 15.6. The van der Waals surface area contributed by atoms with Crippen LogP contribution in [0.2, 0.25) is 5.02 Å². The number of carbonyl (C=O) groups excluding carboxylic acids is 1. The van der Waals surface area contributed by atoms with Crippen LogP contribution in [0.3, 0.4) is 0 Å². The normalized spacial score (nSPS) is 13.5. The third kappa shape index (κ3) is 5.85. The van der Waals surface area contributed by atoms with Gasteiger partial charge >= 0.3 is 0 Å². The summed E-state index contributed by atoms with van der Waals surface area (Å²) in [5.74, 6) is -0.00508. The van der Waals surface area contributed by atoms with E-state index in [0.717, 1.165) is 11.3 Å². The Labute approximate surface area is 154 Å². The van der Waals surface area contributed by atoms with Crippen LogP contribution in [0, 0.1) is 5.92 Å². The fourth-order valence-corrected chi connectivity index (χ4v) is 2.35. The first-order valence-corrected chi connectivity index (χ1v) is 8.75. The molecule has 0 fully saturated rings. The van der Waals surface area contributed by atoms with Crippen molar-refractivity contribution < 1.29 is 9.90 Å². The monoisotopic (exact) mass is 360 g/mol. The van der Waals surface area contributed by atoms with Gasteiger partial charge < -0.3 is 15.7 Å². The molecule has 2 aromatic rings. The molecule has 0 aliphatic heterocycles. The van der Waals surface area contributed by atoms with Gasteiger partial charge in [0, 0.05) is 29.4 Å². The Morgan fingerprint density at radius 1 is 1.20 bits per heavy atom. The summed E-state index contributed by atoms with van der Waals surface area (Å²) in [6.45, 7) is 6.94. The van der Waals surface area contributed by atoms with Crippen molar-refractivity contribution in [2.75, 3.05) is 11.9 Å². The molecule has 1 amide bonds. The standard InChI is InChI=1S/C20H25ClN2O2/c1-14(2)20(3,25)13-22-12-15-5-4-6-18(11-15)23-19(24)16-7-9-17(21)10-8-16/h4-11,14,22,25H,12-13H2,1-3H3,(H,23,24). The van der Waals surface area contributed by atoms with Crippen LogP contribution in [-0.4, -0.2) is 23.2 Å². The zero-order valence-electron chi connectivity index (χ0n) is 14.8. The van der Waals surface area contributed by atoms with E-state index in [2.05, 4.69) is 10.6 Å². The van der Waals surface area contributed by atoms with Crippen LogP contribution in [0.15, 0.2) is 48.5 Å². The Kier molecular flexibility index (Phi) is 6.59. The van der Waals surface area contributed by atoms with Crippen molar-refractivity contribution in [2.24, 2.45) is 5.92 Å². The average Bonchev–Trinajstić information content (AvgIpc) is 2.55. The van der Waals surface area contributed by atoms with Crippen LogP contribution in [-0.2, 0) is 6.54 Å². The molecule has 1 unspecified atom stereocenters. The maximum atomic E-state index is 12.3. The molecular formula is C20H25ClN2O2. The van der Waals surface area contributed by atoms with E-state index in [9.17, 15) is 9.90 Å². The number of hydrogen-bond donors (Lipinski definition) is 3. The third-order valence-electron chi connectivity index (χ3n) is 4.35.